The van der Waals surface area contributed by atoms with Crippen LogP contribution in [-0.2, 0) is 102 Å². The number of ether oxygens (including phenoxy) is 16. The Morgan fingerprint density at radius 1 is 0.256 bits per heavy atom. The van der Waals surface area contributed by atoms with Crippen LogP contribution in [0, 0.1) is 0 Å². The van der Waals surface area contributed by atoms with E-state index >= 15 is 0 Å². The molecule has 490 valence electrons. The van der Waals surface area contributed by atoms with Crippen molar-refractivity contribution in [3.63, 3.8) is 0 Å². The Morgan fingerprint density at radius 2 is 0.444 bits per heavy atom. The number of thiophene rings is 4. The molecule has 0 aliphatic heterocycles. The second kappa shape index (κ2) is 43.9. The third-order valence-electron chi connectivity index (χ3n) is 13.3. The summed E-state index contributed by atoms with van der Waals surface area (Å²) in [6.07, 6.45) is 0. The van der Waals surface area contributed by atoms with Gasteiger partial charge in [-0.3, -0.25) is 9.59 Å². The van der Waals surface area contributed by atoms with Crippen LogP contribution in [0.4, 0.5) is 0 Å². The average molecular weight is 1320 g/mol. The minimum atomic E-state index is -0.0882. The number of rotatable bonds is 52. The molecule has 0 atom stereocenters. The molecule has 4 aromatic heterocycles. The summed E-state index contributed by atoms with van der Waals surface area (Å²) in [6, 6.07) is 36.2. The molecular weight excluding hydrogens is 1230 g/mol. The molecule has 22 heteroatoms. The number of benzene rings is 3. The van der Waals surface area contributed by atoms with Gasteiger partial charge in [0.25, 0.3) is 0 Å². The van der Waals surface area contributed by atoms with Gasteiger partial charge >= 0.3 is 0 Å². The number of methoxy groups -OCH3 is 4. The summed E-state index contributed by atoms with van der Waals surface area (Å²) in [5.41, 5.74) is 7.42. The summed E-state index contributed by atoms with van der Waals surface area (Å²) in [6.45, 7) is 11.9. The molecule has 0 radical (unpaired) electrons. The second-order valence-electron chi connectivity index (χ2n) is 19.9. The van der Waals surface area contributed by atoms with Gasteiger partial charge in [-0.05, 0) is 68.8 Å². The van der Waals surface area contributed by atoms with Crippen LogP contribution < -0.4 is 0 Å². The van der Waals surface area contributed by atoms with Crippen molar-refractivity contribution >= 4 is 56.9 Å². The summed E-state index contributed by atoms with van der Waals surface area (Å²) in [4.78, 5) is 35.7. The molecule has 7 rings (SSSR count). The third kappa shape index (κ3) is 25.2. The van der Waals surface area contributed by atoms with Crippen molar-refractivity contribution in [3.8, 4) is 41.8 Å². The number of ketones is 2. The van der Waals surface area contributed by atoms with Crippen molar-refractivity contribution in [3.05, 3.63) is 151 Å². The van der Waals surface area contributed by atoms with Gasteiger partial charge in [0, 0.05) is 47.9 Å². The predicted octanol–water partition coefficient (Wildman–Crippen LogP) is 11.8. The Kier molecular flexibility index (Phi) is 35.4. The van der Waals surface area contributed by atoms with Crippen molar-refractivity contribution in [1.82, 2.24) is 0 Å². The third-order valence-corrected chi connectivity index (χ3v) is 18.2. The highest BCUT2D eigenvalue weighted by Gasteiger charge is 2.25. The Bertz CT molecular complexity index is 2850. The molecule has 3 aromatic carbocycles. The molecular formula is C68H86O18S4. The number of hydrogen-bond acceptors (Lipinski definition) is 22. The fraction of sp³-hybridized carbons (Fsp3) is 0.471. The number of carbonyl (C=O) groups is 2. The lowest BCUT2D eigenvalue weighted by Gasteiger charge is -2.09. The highest BCUT2D eigenvalue weighted by molar-refractivity contribution is 7.21. The van der Waals surface area contributed by atoms with Gasteiger partial charge < -0.3 is 75.8 Å². The molecule has 7 aromatic rings. The molecule has 0 spiro atoms. The summed E-state index contributed by atoms with van der Waals surface area (Å²) in [5.74, 6) is -0.176. The Balaban J connectivity index is 1.11. The fourth-order valence-corrected chi connectivity index (χ4v) is 13.5. The van der Waals surface area contributed by atoms with Crippen LogP contribution in [0.15, 0.2) is 109 Å². The van der Waals surface area contributed by atoms with E-state index < -0.39 is 0 Å². The smallest absolute Gasteiger partial charge is 0.212 e. The van der Waals surface area contributed by atoms with Gasteiger partial charge in [-0.15, -0.1) is 45.3 Å². The van der Waals surface area contributed by atoms with Crippen molar-refractivity contribution in [2.45, 2.75) is 26.4 Å². The lowest BCUT2D eigenvalue weighted by Crippen LogP contribution is -2.11. The molecule has 0 aliphatic rings. The van der Waals surface area contributed by atoms with Crippen LogP contribution in [0.2, 0.25) is 0 Å². The first-order chi connectivity index (χ1) is 44.4. The monoisotopic (exact) mass is 1320 g/mol. The van der Waals surface area contributed by atoms with E-state index in [0.717, 1.165) is 64.0 Å². The second-order valence-corrected chi connectivity index (χ2v) is 24.1. The lowest BCUT2D eigenvalue weighted by molar-refractivity contribution is 0.000945. The molecule has 18 nitrogen and oxygen atoms in total. The van der Waals surface area contributed by atoms with Gasteiger partial charge in [0.15, 0.2) is 0 Å². The quantitative estimate of drug-likeness (QED) is 0.0259. The first kappa shape index (κ1) is 72.6. The molecule has 0 saturated heterocycles. The van der Waals surface area contributed by atoms with Crippen molar-refractivity contribution in [1.29, 1.82) is 0 Å². The van der Waals surface area contributed by atoms with E-state index in [1.807, 2.05) is 84.9 Å². The molecule has 0 unspecified atom stereocenters. The SMILES string of the molecule is COCCOCCOCCOCc1cc(C(=O)c2cc(COCCOCCOCCOC)c(-c3ccc(-c4sc(C(=O)c5cc(COCCOCCOCCOC)c(-c6ccccc6)s5)cc4COCCOCCOCCOC)cc3)s2)sc1-c1ccccc1. The van der Waals surface area contributed by atoms with Crippen LogP contribution in [-0.4, -0.2) is 199 Å². The van der Waals surface area contributed by atoms with E-state index in [1.54, 1.807) is 28.4 Å². The minimum Gasteiger partial charge on any atom is -0.382 e. The fourth-order valence-electron chi connectivity index (χ4n) is 8.82. The van der Waals surface area contributed by atoms with Gasteiger partial charge in [0.05, 0.1) is 205 Å². The van der Waals surface area contributed by atoms with E-state index in [2.05, 4.69) is 24.3 Å². The number of hydrogen-bond donors (Lipinski definition) is 0. The van der Waals surface area contributed by atoms with Crippen molar-refractivity contribution in [2.75, 3.05) is 187 Å². The zero-order valence-electron chi connectivity index (χ0n) is 52.2. The van der Waals surface area contributed by atoms with E-state index in [0.29, 0.717) is 191 Å². The molecule has 90 heavy (non-hydrogen) atoms. The molecule has 0 saturated carbocycles. The maximum atomic E-state index is 14.8. The first-order valence-electron chi connectivity index (χ1n) is 30.1. The summed E-state index contributed by atoms with van der Waals surface area (Å²) >= 11 is 5.79. The number of carbonyl (C=O) groups excluding carboxylic acids is 2. The molecule has 0 bridgehead atoms. The Labute approximate surface area is 545 Å². The maximum absolute atomic E-state index is 14.8. The zero-order chi connectivity index (χ0) is 63.1. The minimum absolute atomic E-state index is 0.0882. The largest absolute Gasteiger partial charge is 0.382 e. The van der Waals surface area contributed by atoms with E-state index in [1.165, 1.54) is 45.3 Å². The van der Waals surface area contributed by atoms with Crippen LogP contribution in [0.3, 0.4) is 0 Å². The first-order valence-corrected chi connectivity index (χ1v) is 33.4. The van der Waals surface area contributed by atoms with Crippen LogP contribution in [0.1, 0.15) is 51.4 Å². The summed E-state index contributed by atoms with van der Waals surface area (Å²) < 4.78 is 90.0. The van der Waals surface area contributed by atoms with Gasteiger partial charge in [0.2, 0.25) is 11.6 Å². The molecule has 0 N–H and O–H groups in total. The Morgan fingerprint density at radius 3 is 0.656 bits per heavy atom. The van der Waals surface area contributed by atoms with Crippen LogP contribution in [0.25, 0.3) is 41.8 Å². The average Bonchev–Trinajstić information content (AvgIpc) is 1.93. The van der Waals surface area contributed by atoms with Gasteiger partial charge in [-0.1, -0.05) is 84.9 Å². The highest BCUT2D eigenvalue weighted by Crippen LogP contribution is 2.42. The van der Waals surface area contributed by atoms with Gasteiger partial charge in [-0.25, -0.2) is 0 Å². The Hall–Kier alpha value is -4.84. The van der Waals surface area contributed by atoms with E-state index in [4.69, 9.17) is 75.8 Å². The van der Waals surface area contributed by atoms with Crippen molar-refractivity contribution in [2.24, 2.45) is 0 Å². The van der Waals surface area contributed by atoms with Gasteiger partial charge in [0.1, 0.15) is 0 Å². The summed E-state index contributed by atoms with van der Waals surface area (Å²) in [5, 5.41) is 0. The van der Waals surface area contributed by atoms with Crippen LogP contribution >= 0.6 is 45.3 Å². The standard InChI is InChI=1S/C68H86O18S4/c1-71-19-23-75-27-31-79-35-39-83-47-55-43-59(87-65(55)51-11-7-5-8-12-51)63(69)61-45-57(49-85-41-37-81-33-29-77-25-21-73-3)67(89-61)53-15-17-54(18-16-53)68-58(50-86-42-38-82-34-30-78-26-22-74-4)46-62(90-68)64(70)60-44-56(66(88-60)52-13-9-6-10-14-52)48-84-40-36-80-32-28-76-24-20-72-2/h5-18,43-46H,19-42,47-50H2,1-4H3. The van der Waals surface area contributed by atoms with Gasteiger partial charge in [-0.2, -0.15) is 0 Å². The molecule has 0 fully saturated rings. The zero-order valence-corrected chi connectivity index (χ0v) is 55.4. The topological polar surface area (TPSA) is 182 Å². The van der Waals surface area contributed by atoms with E-state index in [9.17, 15) is 9.59 Å². The molecule has 4 heterocycles. The van der Waals surface area contributed by atoms with Crippen LogP contribution in [0.5, 0.6) is 0 Å². The predicted molar refractivity (Wildman–Crippen MR) is 352 cm³/mol. The molecule has 0 aliphatic carbocycles. The lowest BCUT2D eigenvalue weighted by atomic mass is 10.0. The van der Waals surface area contributed by atoms with E-state index in [-0.39, 0.29) is 24.8 Å². The normalized spacial score (nSPS) is 11.6. The highest BCUT2D eigenvalue weighted by atomic mass is 32.1. The summed E-state index contributed by atoms with van der Waals surface area (Å²) in [7, 11) is 6.56. The maximum Gasteiger partial charge on any atom is 0.212 e. The van der Waals surface area contributed by atoms with Crippen molar-refractivity contribution < 1.29 is 85.4 Å². The molecule has 0 amide bonds.